The molecule has 1 atom stereocenters. The number of hydrogen-bond donors (Lipinski definition) is 1. The van der Waals surface area contributed by atoms with Crippen LogP contribution in [0.15, 0.2) is 18.2 Å². The van der Waals surface area contributed by atoms with Gasteiger partial charge in [0.15, 0.2) is 0 Å². The van der Waals surface area contributed by atoms with Crippen LogP contribution in [0.25, 0.3) is 0 Å². The van der Waals surface area contributed by atoms with Crippen LogP contribution in [-0.4, -0.2) is 11.1 Å². The predicted octanol–water partition coefficient (Wildman–Crippen LogP) is 2.85. The largest absolute Gasteiger partial charge is 0.478 e. The van der Waals surface area contributed by atoms with E-state index in [1.54, 1.807) is 12.1 Å². The fourth-order valence-corrected chi connectivity index (χ4v) is 1.51. The normalized spacial score (nSPS) is 11.8. The van der Waals surface area contributed by atoms with Gasteiger partial charge in [-0.2, -0.15) is 5.26 Å². The van der Waals surface area contributed by atoms with Crippen molar-refractivity contribution in [3.63, 3.8) is 0 Å². The molecule has 16 heavy (non-hydrogen) atoms. The minimum Gasteiger partial charge on any atom is -0.478 e. The lowest BCUT2D eigenvalue weighted by Crippen LogP contribution is -2.03. The van der Waals surface area contributed by atoms with Crippen LogP contribution in [0.4, 0.5) is 0 Å². The number of carboxylic acid groups (broad SMARTS) is 1. The van der Waals surface area contributed by atoms with Crippen molar-refractivity contribution in [3.05, 3.63) is 34.9 Å². The van der Waals surface area contributed by atoms with Crippen molar-refractivity contribution in [1.82, 2.24) is 0 Å². The number of rotatable bonds is 4. The number of aromatic carboxylic acids is 1. The van der Waals surface area contributed by atoms with Crippen molar-refractivity contribution >= 4 is 5.97 Å². The fourth-order valence-electron chi connectivity index (χ4n) is 1.51. The molecule has 0 radical (unpaired) electrons. The average Bonchev–Trinajstić information content (AvgIpc) is 2.29. The maximum absolute atomic E-state index is 10.7. The summed E-state index contributed by atoms with van der Waals surface area (Å²) in [5.41, 5.74) is 1.58. The molecule has 0 bridgehead atoms. The van der Waals surface area contributed by atoms with Gasteiger partial charge in [0.1, 0.15) is 0 Å². The number of carbonyl (C=O) groups is 1. The van der Waals surface area contributed by atoms with E-state index in [9.17, 15) is 4.79 Å². The van der Waals surface area contributed by atoms with Crippen LogP contribution >= 0.6 is 0 Å². The second-order valence-electron chi connectivity index (χ2n) is 4.01. The molecule has 0 heterocycles. The first-order valence-corrected chi connectivity index (χ1v) is 5.34. The van der Waals surface area contributed by atoms with Gasteiger partial charge in [-0.3, -0.25) is 0 Å². The molecule has 1 aromatic rings. The number of carboxylic acids is 1. The van der Waals surface area contributed by atoms with E-state index in [2.05, 4.69) is 19.9 Å². The molecule has 0 aliphatic rings. The molecule has 3 nitrogen and oxygen atoms in total. The van der Waals surface area contributed by atoms with E-state index in [0.29, 0.717) is 11.5 Å². The molecule has 0 saturated heterocycles. The molecule has 0 saturated carbocycles. The molecule has 0 unspecified atom stereocenters. The van der Waals surface area contributed by atoms with Gasteiger partial charge in [0.25, 0.3) is 0 Å². The lowest BCUT2D eigenvalue weighted by Gasteiger charge is -2.10. The Bertz CT molecular complexity index is 432. The molecule has 0 amide bonds. The van der Waals surface area contributed by atoms with Crippen LogP contribution in [0.5, 0.6) is 0 Å². The van der Waals surface area contributed by atoms with Crippen molar-refractivity contribution in [1.29, 1.82) is 5.26 Å². The highest BCUT2D eigenvalue weighted by atomic mass is 16.4. The minimum absolute atomic E-state index is 0.171. The van der Waals surface area contributed by atoms with Crippen molar-refractivity contribution < 1.29 is 9.90 Å². The first kappa shape index (κ1) is 12.3. The highest BCUT2D eigenvalue weighted by Gasteiger charge is 2.10. The van der Waals surface area contributed by atoms with Crippen LogP contribution < -0.4 is 0 Å². The van der Waals surface area contributed by atoms with Crippen LogP contribution in [0.1, 0.15) is 41.8 Å². The highest BCUT2D eigenvalue weighted by molar-refractivity contribution is 5.88. The lowest BCUT2D eigenvalue weighted by atomic mass is 9.94. The van der Waals surface area contributed by atoms with E-state index in [0.717, 1.165) is 18.4 Å². The second kappa shape index (κ2) is 5.32. The molecule has 84 valence electrons. The molecular weight excluding hydrogens is 202 g/mol. The number of nitrogens with zero attached hydrogens (tertiary/aromatic N) is 1. The Hall–Kier alpha value is -1.82. The highest BCUT2D eigenvalue weighted by Crippen LogP contribution is 2.17. The Kier molecular flexibility index (Phi) is 4.07. The van der Waals surface area contributed by atoms with Gasteiger partial charge in [0.2, 0.25) is 0 Å². The Morgan fingerprint density at radius 3 is 2.75 bits per heavy atom. The maximum Gasteiger partial charge on any atom is 0.335 e. The summed E-state index contributed by atoms with van der Waals surface area (Å²) in [6.45, 7) is 4.22. The summed E-state index contributed by atoms with van der Waals surface area (Å²) in [5, 5.41) is 17.8. The summed E-state index contributed by atoms with van der Waals surface area (Å²) in [6.07, 6.45) is 1.87. The first-order valence-electron chi connectivity index (χ1n) is 5.34. The molecule has 1 N–H and O–H groups in total. The molecule has 0 aliphatic carbocycles. The smallest absolute Gasteiger partial charge is 0.335 e. The molecule has 0 aliphatic heterocycles. The number of benzene rings is 1. The molecule has 0 fully saturated rings. The summed E-state index contributed by atoms with van der Waals surface area (Å²) >= 11 is 0. The van der Waals surface area contributed by atoms with Crippen molar-refractivity contribution in [2.75, 3.05) is 0 Å². The summed E-state index contributed by atoms with van der Waals surface area (Å²) in [5.74, 6) is -0.491. The third kappa shape index (κ3) is 2.83. The van der Waals surface area contributed by atoms with Crippen molar-refractivity contribution in [2.45, 2.75) is 26.7 Å². The van der Waals surface area contributed by atoms with E-state index in [1.807, 2.05) is 0 Å². The van der Waals surface area contributed by atoms with Gasteiger partial charge < -0.3 is 5.11 Å². The van der Waals surface area contributed by atoms with Crippen molar-refractivity contribution in [2.24, 2.45) is 5.92 Å². The summed E-state index contributed by atoms with van der Waals surface area (Å²) < 4.78 is 0. The molecule has 0 spiro atoms. The zero-order chi connectivity index (χ0) is 12.1. The zero-order valence-corrected chi connectivity index (χ0v) is 9.53. The summed E-state index contributed by atoms with van der Waals surface area (Å²) in [6, 6.07) is 6.80. The SMILES string of the molecule is CC[C@H](C)Cc1ccc(C(=O)O)cc1C#N. The molecule has 0 aromatic heterocycles. The molecular formula is C13H15NO2. The van der Waals surface area contributed by atoms with E-state index in [1.165, 1.54) is 6.07 Å². The Morgan fingerprint density at radius 2 is 2.25 bits per heavy atom. The molecule has 1 rings (SSSR count). The van der Waals surface area contributed by atoms with Gasteiger partial charge in [-0.05, 0) is 30.0 Å². The van der Waals surface area contributed by atoms with Gasteiger partial charge >= 0.3 is 5.97 Å². The van der Waals surface area contributed by atoms with Gasteiger partial charge in [-0.1, -0.05) is 26.3 Å². The number of hydrogen-bond acceptors (Lipinski definition) is 2. The van der Waals surface area contributed by atoms with E-state index < -0.39 is 5.97 Å². The monoisotopic (exact) mass is 217 g/mol. The Morgan fingerprint density at radius 1 is 1.56 bits per heavy atom. The second-order valence-corrected chi connectivity index (χ2v) is 4.01. The minimum atomic E-state index is -0.994. The topological polar surface area (TPSA) is 61.1 Å². The summed E-state index contributed by atoms with van der Waals surface area (Å²) in [4.78, 5) is 10.7. The quantitative estimate of drug-likeness (QED) is 0.843. The van der Waals surface area contributed by atoms with Crippen LogP contribution in [-0.2, 0) is 6.42 Å². The third-order valence-electron chi connectivity index (χ3n) is 2.74. The summed E-state index contributed by atoms with van der Waals surface area (Å²) in [7, 11) is 0. The van der Waals surface area contributed by atoms with E-state index in [4.69, 9.17) is 10.4 Å². The maximum atomic E-state index is 10.7. The van der Waals surface area contributed by atoms with E-state index in [-0.39, 0.29) is 5.56 Å². The standard InChI is InChI=1S/C13H15NO2/c1-3-9(2)6-10-4-5-11(13(15)16)7-12(10)8-14/h4-5,7,9H,3,6H2,1-2H3,(H,15,16)/t9-/m0/s1. The van der Waals surface area contributed by atoms with Crippen LogP contribution in [0, 0.1) is 17.2 Å². The van der Waals surface area contributed by atoms with Gasteiger partial charge in [-0.25, -0.2) is 4.79 Å². The van der Waals surface area contributed by atoms with Crippen LogP contribution in [0.3, 0.4) is 0 Å². The Labute approximate surface area is 95.3 Å². The zero-order valence-electron chi connectivity index (χ0n) is 9.53. The fraction of sp³-hybridized carbons (Fsp3) is 0.385. The first-order chi connectivity index (χ1) is 7.58. The lowest BCUT2D eigenvalue weighted by molar-refractivity contribution is 0.0697. The van der Waals surface area contributed by atoms with Crippen LogP contribution in [0.2, 0.25) is 0 Å². The number of nitriles is 1. The van der Waals surface area contributed by atoms with Gasteiger partial charge in [0.05, 0.1) is 17.2 Å². The predicted molar refractivity (Wildman–Crippen MR) is 61.3 cm³/mol. The van der Waals surface area contributed by atoms with Gasteiger partial charge in [-0.15, -0.1) is 0 Å². The Balaban J connectivity index is 3.03. The molecule has 3 heteroatoms. The van der Waals surface area contributed by atoms with Gasteiger partial charge in [0, 0.05) is 0 Å². The van der Waals surface area contributed by atoms with E-state index >= 15 is 0 Å². The van der Waals surface area contributed by atoms with Crippen molar-refractivity contribution in [3.8, 4) is 6.07 Å². The molecule has 1 aromatic carbocycles. The average molecular weight is 217 g/mol. The third-order valence-corrected chi connectivity index (χ3v) is 2.74.